The summed E-state index contributed by atoms with van der Waals surface area (Å²) in [5, 5.41) is 0.574. The van der Waals surface area contributed by atoms with E-state index in [0.29, 0.717) is 17.3 Å². The lowest BCUT2D eigenvalue weighted by Gasteiger charge is -2.07. The minimum absolute atomic E-state index is 0.471. The van der Waals surface area contributed by atoms with Crippen molar-refractivity contribution in [2.75, 3.05) is 7.11 Å². The van der Waals surface area contributed by atoms with Crippen LogP contribution in [0.1, 0.15) is 11.4 Å². The lowest BCUT2D eigenvalue weighted by atomic mass is 10.2. The maximum Gasteiger partial charge on any atom is 0.140 e. The number of methoxy groups -OCH3 is 1. The number of imidazole rings is 1. The van der Waals surface area contributed by atoms with Crippen LogP contribution in [-0.4, -0.2) is 16.7 Å². The summed E-state index contributed by atoms with van der Waals surface area (Å²) >= 11 is 6.13. The molecule has 96 valence electrons. The van der Waals surface area contributed by atoms with Crippen molar-refractivity contribution in [1.29, 1.82) is 0 Å². The fraction of sp³-hybridized carbons (Fsp3) is 0.308. The zero-order valence-electron chi connectivity index (χ0n) is 10.7. The lowest BCUT2D eigenvalue weighted by molar-refractivity contribution is 0.415. The minimum atomic E-state index is 0.471. The number of nitrogens with zero attached hydrogens (tertiary/aromatic N) is 2. The Morgan fingerprint density at radius 3 is 2.67 bits per heavy atom. The van der Waals surface area contributed by atoms with Gasteiger partial charge in [0, 0.05) is 19.2 Å². The molecule has 2 N–H and O–H groups in total. The maximum atomic E-state index is 6.13. The second-order valence-electron chi connectivity index (χ2n) is 4.08. The fourth-order valence-corrected chi connectivity index (χ4v) is 2.27. The number of aryl methyl sites for hydroxylation is 1. The molecular formula is C13H16ClN3O. The van der Waals surface area contributed by atoms with E-state index >= 15 is 0 Å². The lowest BCUT2D eigenvalue weighted by Crippen LogP contribution is -2.05. The molecule has 0 atom stereocenters. The van der Waals surface area contributed by atoms with Crippen LogP contribution in [0.5, 0.6) is 5.75 Å². The number of rotatable bonds is 3. The first kappa shape index (κ1) is 12.9. The summed E-state index contributed by atoms with van der Waals surface area (Å²) in [5.74, 6) is 1.52. The number of hydrogen-bond acceptors (Lipinski definition) is 3. The molecule has 1 aromatic heterocycles. The third-order valence-corrected chi connectivity index (χ3v) is 3.31. The summed E-state index contributed by atoms with van der Waals surface area (Å²) in [7, 11) is 3.55. The van der Waals surface area contributed by atoms with Gasteiger partial charge in [-0.15, -0.1) is 0 Å². The molecule has 0 aliphatic carbocycles. The van der Waals surface area contributed by atoms with Crippen molar-refractivity contribution in [3.05, 3.63) is 34.6 Å². The second kappa shape index (κ2) is 5.00. The molecule has 4 nitrogen and oxygen atoms in total. The molecule has 1 heterocycles. The van der Waals surface area contributed by atoms with Crippen LogP contribution in [0, 0.1) is 6.92 Å². The molecule has 0 bridgehead atoms. The molecule has 0 spiro atoms. The Kier molecular flexibility index (Phi) is 3.59. The Morgan fingerprint density at radius 1 is 1.44 bits per heavy atom. The molecule has 2 aromatic rings. The standard InChI is InChI=1S/C13H16ClN3O/c1-8-11(7-15)17(2)13(16-8)9-4-5-12(18-3)10(14)6-9/h4-6H,7,15H2,1-3H3. The SMILES string of the molecule is COc1ccc(-c2nc(C)c(CN)n2C)cc1Cl. The average Bonchev–Trinajstić information content (AvgIpc) is 2.64. The van der Waals surface area contributed by atoms with E-state index in [0.717, 1.165) is 22.8 Å². The Labute approximate surface area is 111 Å². The van der Waals surface area contributed by atoms with Crippen molar-refractivity contribution in [3.63, 3.8) is 0 Å². The highest BCUT2D eigenvalue weighted by atomic mass is 35.5. The predicted molar refractivity (Wildman–Crippen MR) is 72.8 cm³/mol. The van der Waals surface area contributed by atoms with E-state index in [1.807, 2.05) is 36.7 Å². The van der Waals surface area contributed by atoms with E-state index in [4.69, 9.17) is 22.1 Å². The Bertz CT molecular complexity index is 578. The van der Waals surface area contributed by atoms with Crippen LogP contribution in [0.25, 0.3) is 11.4 Å². The predicted octanol–water partition coefficient (Wildman–Crippen LogP) is 2.52. The van der Waals surface area contributed by atoms with E-state index in [9.17, 15) is 0 Å². The molecular weight excluding hydrogens is 250 g/mol. The molecule has 0 aliphatic rings. The Morgan fingerprint density at radius 2 is 2.17 bits per heavy atom. The average molecular weight is 266 g/mol. The van der Waals surface area contributed by atoms with Gasteiger partial charge in [-0.1, -0.05) is 11.6 Å². The summed E-state index contributed by atoms with van der Waals surface area (Å²) in [6.07, 6.45) is 0. The van der Waals surface area contributed by atoms with E-state index in [1.165, 1.54) is 0 Å². The van der Waals surface area contributed by atoms with Crippen LogP contribution in [-0.2, 0) is 13.6 Å². The largest absolute Gasteiger partial charge is 0.495 e. The monoisotopic (exact) mass is 265 g/mol. The summed E-state index contributed by atoms with van der Waals surface area (Å²) in [6, 6.07) is 5.62. The number of hydrogen-bond donors (Lipinski definition) is 1. The molecule has 0 radical (unpaired) electrons. The molecule has 0 fully saturated rings. The highest BCUT2D eigenvalue weighted by Gasteiger charge is 2.13. The zero-order valence-corrected chi connectivity index (χ0v) is 11.5. The van der Waals surface area contributed by atoms with Crippen molar-refractivity contribution in [3.8, 4) is 17.1 Å². The first-order valence-electron chi connectivity index (χ1n) is 5.64. The third kappa shape index (κ3) is 2.09. The van der Waals surface area contributed by atoms with Gasteiger partial charge in [-0.25, -0.2) is 4.98 Å². The molecule has 5 heteroatoms. The molecule has 0 saturated carbocycles. The second-order valence-corrected chi connectivity index (χ2v) is 4.49. The maximum absolute atomic E-state index is 6.13. The summed E-state index contributed by atoms with van der Waals surface area (Å²) in [5.41, 5.74) is 8.63. The van der Waals surface area contributed by atoms with Gasteiger partial charge in [-0.3, -0.25) is 0 Å². The van der Waals surface area contributed by atoms with Crippen molar-refractivity contribution in [2.24, 2.45) is 12.8 Å². The van der Waals surface area contributed by atoms with Crippen molar-refractivity contribution in [1.82, 2.24) is 9.55 Å². The summed E-state index contributed by atoms with van der Waals surface area (Å²) in [4.78, 5) is 4.53. The summed E-state index contributed by atoms with van der Waals surface area (Å²) in [6.45, 7) is 2.43. The number of ether oxygens (including phenoxy) is 1. The first-order chi connectivity index (χ1) is 8.58. The van der Waals surface area contributed by atoms with E-state index in [2.05, 4.69) is 4.98 Å². The summed E-state index contributed by atoms with van der Waals surface area (Å²) < 4.78 is 7.13. The van der Waals surface area contributed by atoms with E-state index < -0.39 is 0 Å². The van der Waals surface area contributed by atoms with E-state index in [-0.39, 0.29) is 0 Å². The molecule has 0 aliphatic heterocycles. The van der Waals surface area contributed by atoms with Gasteiger partial charge in [0.15, 0.2) is 0 Å². The first-order valence-corrected chi connectivity index (χ1v) is 6.02. The van der Waals surface area contributed by atoms with Gasteiger partial charge in [0.1, 0.15) is 11.6 Å². The van der Waals surface area contributed by atoms with Crippen LogP contribution in [0.2, 0.25) is 5.02 Å². The number of halogens is 1. The Balaban J connectivity index is 2.52. The van der Waals surface area contributed by atoms with Crippen molar-refractivity contribution in [2.45, 2.75) is 13.5 Å². The highest BCUT2D eigenvalue weighted by molar-refractivity contribution is 6.32. The van der Waals surface area contributed by atoms with Gasteiger partial charge < -0.3 is 15.0 Å². The number of nitrogens with two attached hydrogens (primary N) is 1. The van der Waals surface area contributed by atoms with Gasteiger partial charge in [-0.2, -0.15) is 0 Å². The topological polar surface area (TPSA) is 53.1 Å². The highest BCUT2D eigenvalue weighted by Crippen LogP contribution is 2.30. The van der Waals surface area contributed by atoms with Crippen molar-refractivity contribution < 1.29 is 4.74 Å². The van der Waals surface area contributed by atoms with Crippen LogP contribution >= 0.6 is 11.6 Å². The smallest absolute Gasteiger partial charge is 0.140 e. The molecule has 0 saturated heterocycles. The van der Waals surface area contributed by atoms with Crippen molar-refractivity contribution >= 4 is 11.6 Å². The molecule has 0 amide bonds. The number of benzene rings is 1. The molecule has 2 rings (SSSR count). The van der Waals surface area contributed by atoms with Crippen LogP contribution in [0.4, 0.5) is 0 Å². The van der Waals surface area contributed by atoms with E-state index in [1.54, 1.807) is 7.11 Å². The normalized spacial score (nSPS) is 10.7. The molecule has 0 unspecified atom stereocenters. The zero-order chi connectivity index (χ0) is 13.3. The van der Waals surface area contributed by atoms with Crippen LogP contribution < -0.4 is 10.5 Å². The Hall–Kier alpha value is -1.52. The van der Waals surface area contributed by atoms with Gasteiger partial charge in [0.25, 0.3) is 0 Å². The van der Waals surface area contributed by atoms with Crippen LogP contribution in [0.15, 0.2) is 18.2 Å². The molecule has 1 aromatic carbocycles. The van der Waals surface area contributed by atoms with Gasteiger partial charge in [0.05, 0.1) is 23.5 Å². The third-order valence-electron chi connectivity index (χ3n) is 3.02. The number of aromatic nitrogens is 2. The van der Waals surface area contributed by atoms with Crippen LogP contribution in [0.3, 0.4) is 0 Å². The van der Waals surface area contributed by atoms with Gasteiger partial charge in [-0.05, 0) is 25.1 Å². The van der Waals surface area contributed by atoms with Gasteiger partial charge >= 0.3 is 0 Å². The molecule has 18 heavy (non-hydrogen) atoms. The van der Waals surface area contributed by atoms with Gasteiger partial charge in [0.2, 0.25) is 0 Å². The fourth-order valence-electron chi connectivity index (χ4n) is 2.02. The minimum Gasteiger partial charge on any atom is -0.495 e. The quantitative estimate of drug-likeness (QED) is 0.928.